The molecule has 0 unspecified atom stereocenters. The van der Waals surface area contributed by atoms with Gasteiger partial charge in [0.1, 0.15) is 5.69 Å². The maximum absolute atomic E-state index is 16.0. The molecule has 2 saturated heterocycles. The van der Waals surface area contributed by atoms with Crippen molar-refractivity contribution in [2.45, 2.75) is 63.3 Å². The van der Waals surface area contributed by atoms with E-state index >= 15 is 4.39 Å². The molecule has 34 heavy (non-hydrogen) atoms. The standard InChI is InChI=1S/C24H31FN6O3/c1-23(2)19-17(20(29-28-19)27-21(32)18-5-3-4-10-26-18)15-31(23)22(33)24(25)8-11-30(12-9-24)16-6-13-34-14-7-16/h3-5,10,16H,6-9,11-15H2,1-2H3,(H2,27,28,29,32). The molecule has 2 aromatic heterocycles. The summed E-state index contributed by atoms with van der Waals surface area (Å²) in [4.78, 5) is 34.0. The number of nitrogens with zero attached hydrogens (tertiary/aromatic N) is 4. The number of pyridine rings is 1. The number of rotatable bonds is 4. The van der Waals surface area contributed by atoms with E-state index < -0.39 is 17.1 Å². The molecule has 0 saturated carbocycles. The lowest BCUT2D eigenvalue weighted by molar-refractivity contribution is -0.154. The maximum atomic E-state index is 16.0. The minimum atomic E-state index is -1.90. The smallest absolute Gasteiger partial charge is 0.275 e. The summed E-state index contributed by atoms with van der Waals surface area (Å²) >= 11 is 0. The van der Waals surface area contributed by atoms with Crippen molar-refractivity contribution in [2.24, 2.45) is 0 Å². The Morgan fingerprint density at radius 1 is 1.21 bits per heavy atom. The molecule has 182 valence electrons. The van der Waals surface area contributed by atoms with Crippen molar-refractivity contribution in [3.05, 3.63) is 41.3 Å². The first-order chi connectivity index (χ1) is 16.3. The monoisotopic (exact) mass is 470 g/mol. The zero-order valence-electron chi connectivity index (χ0n) is 19.6. The molecule has 0 bridgehead atoms. The number of fused-ring (bicyclic) bond motifs is 1. The van der Waals surface area contributed by atoms with Crippen LogP contribution in [-0.4, -0.2) is 74.8 Å². The number of alkyl halides is 1. The van der Waals surface area contributed by atoms with Gasteiger partial charge in [-0.15, -0.1) is 0 Å². The van der Waals surface area contributed by atoms with Gasteiger partial charge in [0.25, 0.3) is 11.8 Å². The third-order valence-electron chi connectivity index (χ3n) is 7.53. The summed E-state index contributed by atoms with van der Waals surface area (Å²) in [5.74, 6) is -0.535. The van der Waals surface area contributed by atoms with Gasteiger partial charge >= 0.3 is 0 Å². The van der Waals surface area contributed by atoms with E-state index in [4.69, 9.17) is 4.74 Å². The molecule has 0 spiro atoms. The minimum absolute atomic E-state index is 0.185. The van der Waals surface area contributed by atoms with Crippen molar-refractivity contribution in [2.75, 3.05) is 31.6 Å². The summed E-state index contributed by atoms with van der Waals surface area (Å²) in [6.45, 7) is 6.56. The fraction of sp³-hybridized carbons (Fsp3) is 0.583. The Bertz CT molecular complexity index is 1060. The number of halogens is 1. The molecule has 2 amide bonds. The first-order valence-electron chi connectivity index (χ1n) is 11.9. The van der Waals surface area contributed by atoms with Crippen LogP contribution >= 0.6 is 0 Å². The minimum Gasteiger partial charge on any atom is -0.381 e. The Balaban J connectivity index is 1.28. The lowest BCUT2D eigenvalue weighted by atomic mass is 9.88. The van der Waals surface area contributed by atoms with Crippen molar-refractivity contribution in [3.8, 4) is 0 Å². The molecular weight excluding hydrogens is 439 g/mol. The third-order valence-corrected chi connectivity index (χ3v) is 7.53. The Hall–Kier alpha value is -2.85. The van der Waals surface area contributed by atoms with Crippen molar-refractivity contribution in [1.29, 1.82) is 0 Å². The SMILES string of the molecule is CC1(C)c2[nH]nc(NC(=O)c3ccccn3)c2CN1C(=O)C1(F)CCN(C2CCOCC2)CC1. The molecule has 2 N–H and O–H groups in total. The van der Waals surface area contributed by atoms with E-state index in [1.807, 2.05) is 13.8 Å². The van der Waals surface area contributed by atoms with Gasteiger partial charge < -0.3 is 15.0 Å². The van der Waals surface area contributed by atoms with Crippen LogP contribution in [0.25, 0.3) is 0 Å². The summed E-state index contributed by atoms with van der Waals surface area (Å²) in [7, 11) is 0. The summed E-state index contributed by atoms with van der Waals surface area (Å²) in [6.07, 6.45) is 3.83. The van der Waals surface area contributed by atoms with Crippen LogP contribution in [0.3, 0.4) is 0 Å². The van der Waals surface area contributed by atoms with Gasteiger partial charge in [0.05, 0.1) is 17.8 Å². The van der Waals surface area contributed by atoms with E-state index in [2.05, 4.69) is 25.4 Å². The van der Waals surface area contributed by atoms with Crippen LogP contribution < -0.4 is 5.32 Å². The van der Waals surface area contributed by atoms with Crippen molar-refractivity contribution in [1.82, 2.24) is 25.0 Å². The van der Waals surface area contributed by atoms with Crippen molar-refractivity contribution < 1.29 is 18.7 Å². The van der Waals surface area contributed by atoms with Crippen molar-refractivity contribution >= 4 is 17.6 Å². The molecule has 5 rings (SSSR count). The largest absolute Gasteiger partial charge is 0.381 e. The third kappa shape index (κ3) is 3.98. The zero-order valence-corrected chi connectivity index (χ0v) is 19.6. The van der Waals surface area contributed by atoms with Gasteiger partial charge in [-0.05, 0) is 38.8 Å². The molecule has 2 aromatic rings. The van der Waals surface area contributed by atoms with Gasteiger partial charge in [0.15, 0.2) is 11.5 Å². The van der Waals surface area contributed by atoms with Crippen LogP contribution in [0.4, 0.5) is 10.2 Å². The van der Waals surface area contributed by atoms with E-state index in [1.165, 1.54) is 0 Å². The summed E-state index contributed by atoms with van der Waals surface area (Å²) < 4.78 is 21.5. The lowest BCUT2D eigenvalue weighted by Gasteiger charge is -2.43. The van der Waals surface area contributed by atoms with Crippen molar-refractivity contribution in [3.63, 3.8) is 0 Å². The number of aromatic nitrogens is 3. The molecule has 0 atom stereocenters. The number of hydrogen-bond donors (Lipinski definition) is 2. The summed E-state index contributed by atoms with van der Waals surface area (Å²) in [6, 6.07) is 5.49. The van der Waals surface area contributed by atoms with Crippen LogP contribution in [-0.2, 0) is 21.6 Å². The van der Waals surface area contributed by atoms with E-state index in [0.29, 0.717) is 36.2 Å². The van der Waals surface area contributed by atoms with Gasteiger partial charge in [-0.1, -0.05) is 6.07 Å². The highest BCUT2D eigenvalue weighted by atomic mass is 19.1. The number of aromatic amines is 1. The van der Waals surface area contributed by atoms with Crippen LogP contribution in [0, 0.1) is 0 Å². The lowest BCUT2D eigenvalue weighted by Crippen LogP contribution is -2.56. The first kappa shape index (κ1) is 22.9. The molecule has 10 heteroatoms. The normalized spacial score (nSPS) is 22.4. The van der Waals surface area contributed by atoms with E-state index in [1.54, 1.807) is 29.3 Å². The average Bonchev–Trinajstić information content (AvgIpc) is 3.38. The predicted molar refractivity (Wildman–Crippen MR) is 123 cm³/mol. The highest BCUT2D eigenvalue weighted by Gasteiger charge is 2.52. The second-order valence-electron chi connectivity index (χ2n) is 9.89. The van der Waals surface area contributed by atoms with Crippen LogP contribution in [0.2, 0.25) is 0 Å². The number of carbonyl (C=O) groups is 2. The molecule has 3 aliphatic rings. The number of likely N-dealkylation sites (tertiary alicyclic amines) is 1. The Kier molecular flexibility index (Phi) is 5.89. The fourth-order valence-electron chi connectivity index (χ4n) is 5.36. The molecule has 2 fully saturated rings. The van der Waals surface area contributed by atoms with E-state index in [0.717, 1.165) is 26.1 Å². The predicted octanol–water partition coefficient (Wildman–Crippen LogP) is 2.62. The van der Waals surface area contributed by atoms with Gasteiger partial charge in [0.2, 0.25) is 0 Å². The molecular formula is C24H31FN6O3. The Labute approximate surface area is 198 Å². The van der Waals surface area contributed by atoms with Gasteiger partial charge in [-0.3, -0.25) is 24.6 Å². The number of piperidine rings is 1. The number of anilines is 1. The number of nitrogens with one attached hydrogen (secondary N) is 2. The molecule has 9 nitrogen and oxygen atoms in total. The molecule has 3 aliphatic heterocycles. The second-order valence-corrected chi connectivity index (χ2v) is 9.89. The van der Waals surface area contributed by atoms with Crippen LogP contribution in [0.5, 0.6) is 0 Å². The van der Waals surface area contributed by atoms with Gasteiger partial charge in [-0.2, -0.15) is 5.10 Å². The number of hydrogen-bond acceptors (Lipinski definition) is 6. The van der Waals surface area contributed by atoms with E-state index in [-0.39, 0.29) is 31.0 Å². The first-order valence-corrected chi connectivity index (χ1v) is 11.9. The molecule has 0 aromatic carbocycles. The van der Waals surface area contributed by atoms with Crippen LogP contribution in [0.15, 0.2) is 24.4 Å². The van der Waals surface area contributed by atoms with Gasteiger partial charge in [0, 0.05) is 56.9 Å². The number of H-pyrrole nitrogens is 1. The van der Waals surface area contributed by atoms with Gasteiger partial charge in [-0.25, -0.2) is 4.39 Å². The van der Waals surface area contributed by atoms with E-state index in [9.17, 15) is 9.59 Å². The number of amides is 2. The highest BCUT2D eigenvalue weighted by molar-refractivity contribution is 6.02. The Morgan fingerprint density at radius 3 is 2.62 bits per heavy atom. The summed E-state index contributed by atoms with van der Waals surface area (Å²) in [5, 5.41) is 9.99. The topological polar surface area (TPSA) is 103 Å². The van der Waals surface area contributed by atoms with Crippen LogP contribution in [0.1, 0.15) is 61.3 Å². The average molecular weight is 471 g/mol. The Morgan fingerprint density at radius 2 is 1.94 bits per heavy atom. The highest BCUT2D eigenvalue weighted by Crippen LogP contribution is 2.43. The molecule has 0 radical (unpaired) electrons. The quantitative estimate of drug-likeness (QED) is 0.712. The molecule has 5 heterocycles. The summed E-state index contributed by atoms with van der Waals surface area (Å²) in [5.41, 5.74) is -0.993. The zero-order chi connectivity index (χ0) is 23.9. The molecule has 0 aliphatic carbocycles. The fourth-order valence-corrected chi connectivity index (χ4v) is 5.36. The second kappa shape index (κ2) is 8.74. The maximum Gasteiger partial charge on any atom is 0.275 e. The number of ether oxygens (including phenoxy) is 1. The number of carbonyl (C=O) groups excluding carboxylic acids is 2.